The summed E-state index contributed by atoms with van der Waals surface area (Å²) in [6.07, 6.45) is 3.03. The topological polar surface area (TPSA) is 32.3 Å². The Morgan fingerprint density at radius 3 is 3.00 bits per heavy atom. The number of hydrogen-bond donors (Lipinski definition) is 1. The molecule has 0 aromatic carbocycles. The zero-order valence-electron chi connectivity index (χ0n) is 11.0. The Morgan fingerprint density at radius 1 is 1.47 bits per heavy atom. The summed E-state index contributed by atoms with van der Waals surface area (Å²) in [6.45, 7) is 8.56. The zero-order chi connectivity index (χ0) is 12.3. The van der Waals surface area contributed by atoms with E-state index in [1.807, 2.05) is 11.8 Å². The molecule has 2 saturated heterocycles. The minimum absolute atomic E-state index is 0.337. The van der Waals surface area contributed by atoms with Crippen LogP contribution in [0.25, 0.3) is 0 Å². The summed E-state index contributed by atoms with van der Waals surface area (Å²) in [4.78, 5) is 14.3. The first-order valence-corrected chi connectivity index (χ1v) is 7.68. The summed E-state index contributed by atoms with van der Waals surface area (Å²) < 4.78 is 0.337. The van der Waals surface area contributed by atoms with E-state index in [1.165, 1.54) is 6.42 Å². The minimum atomic E-state index is 0.337. The molecule has 2 fully saturated rings. The maximum atomic E-state index is 12.2. The highest BCUT2D eigenvalue weighted by Gasteiger charge is 2.27. The third-order valence-corrected chi connectivity index (χ3v) is 5.19. The third kappa shape index (κ3) is 3.88. The first-order valence-electron chi connectivity index (χ1n) is 6.69. The number of rotatable bonds is 2. The maximum absolute atomic E-state index is 12.2. The summed E-state index contributed by atoms with van der Waals surface area (Å²) in [5, 5.41) is 3.33. The molecular formula is C13H24N2OS. The normalized spacial score (nSPS) is 29.1. The monoisotopic (exact) mass is 256 g/mol. The zero-order valence-corrected chi connectivity index (χ0v) is 11.8. The highest BCUT2D eigenvalue weighted by molar-refractivity contribution is 8.00. The smallest absolute Gasteiger partial charge is 0.222 e. The van der Waals surface area contributed by atoms with Crippen molar-refractivity contribution in [1.82, 2.24) is 10.2 Å². The van der Waals surface area contributed by atoms with Crippen molar-refractivity contribution in [2.75, 3.05) is 31.9 Å². The van der Waals surface area contributed by atoms with E-state index in [0.717, 1.165) is 44.8 Å². The number of hydrogen-bond acceptors (Lipinski definition) is 3. The Balaban J connectivity index is 1.82. The second-order valence-electron chi connectivity index (χ2n) is 5.80. The van der Waals surface area contributed by atoms with Crippen molar-refractivity contribution in [3.05, 3.63) is 0 Å². The van der Waals surface area contributed by atoms with Crippen LogP contribution in [0, 0.1) is 5.92 Å². The van der Waals surface area contributed by atoms with Crippen LogP contribution in [-0.2, 0) is 4.79 Å². The van der Waals surface area contributed by atoms with Crippen LogP contribution in [-0.4, -0.2) is 47.5 Å². The third-order valence-electron chi connectivity index (χ3n) is 3.82. The van der Waals surface area contributed by atoms with Crippen LogP contribution in [0.3, 0.4) is 0 Å². The predicted molar refractivity (Wildman–Crippen MR) is 73.3 cm³/mol. The molecule has 0 spiro atoms. The molecule has 98 valence electrons. The minimum Gasteiger partial charge on any atom is -0.342 e. The first kappa shape index (κ1) is 13.2. The SMILES string of the molecule is CC1(C)CCN(C(=O)CC2CCNC2)CCS1. The quantitative estimate of drug-likeness (QED) is 0.816. The second-order valence-corrected chi connectivity index (χ2v) is 7.60. The molecule has 2 aliphatic heterocycles. The molecule has 0 aromatic heterocycles. The van der Waals surface area contributed by atoms with Gasteiger partial charge in [-0.25, -0.2) is 0 Å². The van der Waals surface area contributed by atoms with Crippen LogP contribution in [0.1, 0.15) is 33.1 Å². The predicted octanol–water partition coefficient (Wildman–Crippen LogP) is 1.73. The molecule has 2 rings (SSSR count). The largest absolute Gasteiger partial charge is 0.342 e. The molecule has 0 radical (unpaired) electrons. The molecule has 0 bridgehead atoms. The number of carbonyl (C=O) groups excluding carboxylic acids is 1. The lowest BCUT2D eigenvalue weighted by Crippen LogP contribution is -2.35. The van der Waals surface area contributed by atoms with Crippen molar-refractivity contribution in [3.8, 4) is 0 Å². The summed E-state index contributed by atoms with van der Waals surface area (Å²) in [5.41, 5.74) is 0. The van der Waals surface area contributed by atoms with E-state index in [9.17, 15) is 4.79 Å². The van der Waals surface area contributed by atoms with E-state index < -0.39 is 0 Å². The number of amides is 1. The molecule has 17 heavy (non-hydrogen) atoms. The molecule has 1 atom stereocenters. The molecule has 2 heterocycles. The van der Waals surface area contributed by atoms with Gasteiger partial charge in [0.2, 0.25) is 5.91 Å². The summed E-state index contributed by atoms with van der Waals surface area (Å²) in [6, 6.07) is 0. The van der Waals surface area contributed by atoms with Crippen molar-refractivity contribution in [2.24, 2.45) is 5.92 Å². The molecule has 1 unspecified atom stereocenters. The van der Waals surface area contributed by atoms with Crippen LogP contribution in [0.5, 0.6) is 0 Å². The van der Waals surface area contributed by atoms with Gasteiger partial charge in [-0.1, -0.05) is 13.8 Å². The first-order chi connectivity index (χ1) is 8.07. The molecule has 4 heteroatoms. The van der Waals surface area contributed by atoms with Gasteiger partial charge in [0.15, 0.2) is 0 Å². The van der Waals surface area contributed by atoms with Gasteiger partial charge >= 0.3 is 0 Å². The van der Waals surface area contributed by atoms with Gasteiger partial charge in [0.1, 0.15) is 0 Å². The Labute approximate surface area is 109 Å². The lowest BCUT2D eigenvalue weighted by Gasteiger charge is -2.23. The van der Waals surface area contributed by atoms with Crippen LogP contribution in [0.4, 0.5) is 0 Å². The van der Waals surface area contributed by atoms with Gasteiger partial charge in [-0.15, -0.1) is 0 Å². The molecule has 0 saturated carbocycles. The van der Waals surface area contributed by atoms with E-state index in [2.05, 4.69) is 24.1 Å². The van der Waals surface area contributed by atoms with E-state index in [4.69, 9.17) is 0 Å². The van der Waals surface area contributed by atoms with Gasteiger partial charge in [0, 0.05) is 30.0 Å². The fourth-order valence-electron chi connectivity index (χ4n) is 2.53. The Morgan fingerprint density at radius 2 is 2.29 bits per heavy atom. The number of carbonyl (C=O) groups is 1. The van der Waals surface area contributed by atoms with Crippen molar-refractivity contribution in [1.29, 1.82) is 0 Å². The van der Waals surface area contributed by atoms with E-state index in [1.54, 1.807) is 0 Å². The van der Waals surface area contributed by atoms with E-state index in [-0.39, 0.29) is 0 Å². The van der Waals surface area contributed by atoms with Gasteiger partial charge in [-0.2, -0.15) is 11.8 Å². The number of nitrogens with one attached hydrogen (secondary N) is 1. The number of thioether (sulfide) groups is 1. The second kappa shape index (κ2) is 5.61. The maximum Gasteiger partial charge on any atom is 0.222 e. The Hall–Kier alpha value is -0.220. The molecule has 3 nitrogen and oxygen atoms in total. The highest BCUT2D eigenvalue weighted by atomic mass is 32.2. The number of nitrogens with zero attached hydrogens (tertiary/aromatic N) is 1. The van der Waals surface area contributed by atoms with E-state index in [0.29, 0.717) is 16.6 Å². The fraction of sp³-hybridized carbons (Fsp3) is 0.923. The van der Waals surface area contributed by atoms with Gasteiger partial charge in [0.05, 0.1) is 0 Å². The van der Waals surface area contributed by atoms with Crippen LogP contribution >= 0.6 is 11.8 Å². The molecule has 1 amide bonds. The van der Waals surface area contributed by atoms with Gasteiger partial charge < -0.3 is 10.2 Å². The molecular weight excluding hydrogens is 232 g/mol. The lowest BCUT2D eigenvalue weighted by molar-refractivity contribution is -0.131. The van der Waals surface area contributed by atoms with Crippen molar-refractivity contribution in [3.63, 3.8) is 0 Å². The summed E-state index contributed by atoms with van der Waals surface area (Å²) in [7, 11) is 0. The van der Waals surface area contributed by atoms with Crippen molar-refractivity contribution in [2.45, 2.75) is 37.9 Å². The van der Waals surface area contributed by atoms with Crippen LogP contribution in [0.2, 0.25) is 0 Å². The Kier molecular flexibility index (Phi) is 4.36. The van der Waals surface area contributed by atoms with Gasteiger partial charge in [-0.3, -0.25) is 4.79 Å². The molecule has 0 aromatic rings. The molecule has 0 aliphatic carbocycles. The fourth-order valence-corrected chi connectivity index (χ4v) is 3.63. The van der Waals surface area contributed by atoms with E-state index >= 15 is 0 Å². The van der Waals surface area contributed by atoms with Crippen LogP contribution < -0.4 is 5.32 Å². The summed E-state index contributed by atoms with van der Waals surface area (Å²) in [5.74, 6) is 2.03. The van der Waals surface area contributed by atoms with Crippen LogP contribution in [0.15, 0.2) is 0 Å². The standard InChI is InChI=1S/C13H24N2OS/c1-13(2)4-6-15(7-8-17-13)12(16)9-11-3-5-14-10-11/h11,14H,3-10H2,1-2H3. The highest BCUT2D eigenvalue weighted by Crippen LogP contribution is 2.31. The average Bonchev–Trinajstić information content (AvgIpc) is 2.68. The van der Waals surface area contributed by atoms with Crippen molar-refractivity contribution < 1.29 is 4.79 Å². The summed E-state index contributed by atoms with van der Waals surface area (Å²) >= 11 is 2.00. The van der Waals surface area contributed by atoms with Crippen molar-refractivity contribution >= 4 is 17.7 Å². The lowest BCUT2D eigenvalue weighted by atomic mass is 10.0. The Bertz CT molecular complexity index is 275. The molecule has 1 N–H and O–H groups in total. The van der Waals surface area contributed by atoms with Gasteiger partial charge in [0.25, 0.3) is 0 Å². The average molecular weight is 256 g/mol. The molecule has 2 aliphatic rings. The van der Waals surface area contributed by atoms with Gasteiger partial charge in [-0.05, 0) is 31.8 Å².